The van der Waals surface area contributed by atoms with Gasteiger partial charge in [0.05, 0.1) is 16.4 Å². The van der Waals surface area contributed by atoms with Gasteiger partial charge < -0.3 is 5.32 Å². The van der Waals surface area contributed by atoms with E-state index in [1.54, 1.807) is 6.20 Å². The Hall–Kier alpha value is -0.580. The molecular weight excluding hydrogens is 367 g/mol. The Bertz CT molecular complexity index is 532. The Kier molecular flexibility index (Phi) is 4.42. The maximum Gasteiger partial charge on any atom is 0.143 e. The maximum absolute atomic E-state index is 5.83. The molecule has 2 rings (SSSR count). The van der Waals surface area contributed by atoms with Crippen molar-refractivity contribution in [3.05, 3.63) is 56.2 Å². The van der Waals surface area contributed by atoms with Crippen molar-refractivity contribution in [2.45, 2.75) is 6.54 Å². The van der Waals surface area contributed by atoms with Gasteiger partial charge >= 0.3 is 0 Å². The highest BCUT2D eigenvalue weighted by Gasteiger charge is 2.00. The van der Waals surface area contributed by atoms with Crippen LogP contribution in [0.25, 0.3) is 0 Å². The van der Waals surface area contributed by atoms with Crippen LogP contribution in [-0.2, 0) is 6.54 Å². The minimum Gasteiger partial charge on any atom is -0.380 e. The summed E-state index contributed by atoms with van der Waals surface area (Å²) in [4.78, 5) is 4.06. The SMILES string of the molecule is Clc1ncc(NCc2cccc(Br)c2)cc1Br. The fourth-order valence-electron chi connectivity index (χ4n) is 1.37. The first-order valence-electron chi connectivity index (χ1n) is 4.94. The van der Waals surface area contributed by atoms with E-state index in [0.29, 0.717) is 5.15 Å². The fourth-order valence-corrected chi connectivity index (χ4v) is 2.27. The summed E-state index contributed by atoms with van der Waals surface area (Å²) in [5, 5.41) is 3.75. The van der Waals surface area contributed by atoms with Gasteiger partial charge in [0, 0.05) is 11.0 Å². The highest BCUT2D eigenvalue weighted by Crippen LogP contribution is 2.23. The summed E-state index contributed by atoms with van der Waals surface area (Å²) >= 11 is 12.6. The van der Waals surface area contributed by atoms with Gasteiger partial charge in [-0.25, -0.2) is 4.98 Å². The molecule has 0 aliphatic rings. The van der Waals surface area contributed by atoms with E-state index in [0.717, 1.165) is 21.2 Å². The minimum atomic E-state index is 0.470. The van der Waals surface area contributed by atoms with E-state index in [-0.39, 0.29) is 0 Å². The van der Waals surface area contributed by atoms with Crippen LogP contribution >= 0.6 is 43.5 Å². The van der Waals surface area contributed by atoms with Crippen molar-refractivity contribution in [1.29, 1.82) is 0 Å². The summed E-state index contributed by atoms with van der Waals surface area (Å²) in [6.07, 6.45) is 1.71. The number of pyridine rings is 1. The molecule has 2 nitrogen and oxygen atoms in total. The van der Waals surface area contributed by atoms with Gasteiger partial charge in [-0.15, -0.1) is 0 Å². The lowest BCUT2D eigenvalue weighted by Crippen LogP contribution is -1.99. The molecule has 0 unspecified atom stereocenters. The van der Waals surface area contributed by atoms with Crippen molar-refractivity contribution in [3.63, 3.8) is 0 Å². The highest BCUT2D eigenvalue weighted by atomic mass is 79.9. The van der Waals surface area contributed by atoms with Gasteiger partial charge in [0.25, 0.3) is 0 Å². The third kappa shape index (κ3) is 3.69. The largest absolute Gasteiger partial charge is 0.380 e. The van der Waals surface area contributed by atoms with Crippen LogP contribution in [0.3, 0.4) is 0 Å². The van der Waals surface area contributed by atoms with E-state index in [4.69, 9.17) is 11.6 Å². The van der Waals surface area contributed by atoms with Crippen LogP contribution in [0.4, 0.5) is 5.69 Å². The molecule has 0 atom stereocenters. The molecular formula is C12H9Br2ClN2. The number of hydrogen-bond donors (Lipinski definition) is 1. The Morgan fingerprint density at radius 1 is 1.24 bits per heavy atom. The van der Waals surface area contributed by atoms with E-state index in [1.807, 2.05) is 18.2 Å². The summed E-state index contributed by atoms with van der Waals surface area (Å²) in [6, 6.07) is 10.1. The Morgan fingerprint density at radius 3 is 2.76 bits per heavy atom. The molecule has 17 heavy (non-hydrogen) atoms. The average molecular weight is 376 g/mol. The van der Waals surface area contributed by atoms with Gasteiger partial charge in [-0.05, 0) is 39.7 Å². The quantitative estimate of drug-likeness (QED) is 0.773. The van der Waals surface area contributed by atoms with Gasteiger partial charge in [0.2, 0.25) is 0 Å². The van der Waals surface area contributed by atoms with Gasteiger partial charge in [-0.1, -0.05) is 39.7 Å². The Labute approximate surface area is 122 Å². The van der Waals surface area contributed by atoms with Gasteiger partial charge in [0.15, 0.2) is 0 Å². The lowest BCUT2D eigenvalue weighted by atomic mass is 10.2. The molecule has 2 aromatic rings. The summed E-state index contributed by atoms with van der Waals surface area (Å²) in [7, 11) is 0. The number of aromatic nitrogens is 1. The van der Waals surface area contributed by atoms with Crippen LogP contribution in [0.5, 0.6) is 0 Å². The molecule has 1 N–H and O–H groups in total. The van der Waals surface area contributed by atoms with Crippen LogP contribution in [0.15, 0.2) is 45.5 Å². The summed E-state index contributed by atoms with van der Waals surface area (Å²) in [6.45, 7) is 0.745. The first-order valence-corrected chi connectivity index (χ1v) is 6.91. The molecule has 0 fully saturated rings. The van der Waals surface area contributed by atoms with Crippen LogP contribution in [0.2, 0.25) is 5.15 Å². The molecule has 88 valence electrons. The molecule has 1 heterocycles. The summed E-state index contributed by atoms with van der Waals surface area (Å²) in [5.74, 6) is 0. The molecule has 0 spiro atoms. The predicted octanol–water partition coefficient (Wildman–Crippen LogP) is 4.87. The van der Waals surface area contributed by atoms with E-state index in [1.165, 1.54) is 5.56 Å². The normalized spacial score (nSPS) is 10.3. The molecule has 0 saturated heterocycles. The molecule has 1 aromatic carbocycles. The van der Waals surface area contributed by atoms with Gasteiger partial charge in [-0.3, -0.25) is 0 Å². The number of nitrogens with one attached hydrogen (secondary N) is 1. The van der Waals surface area contributed by atoms with Crippen molar-refractivity contribution in [1.82, 2.24) is 4.98 Å². The summed E-state index contributed by atoms with van der Waals surface area (Å²) in [5.41, 5.74) is 2.13. The number of anilines is 1. The molecule has 5 heteroatoms. The number of halogens is 3. The molecule has 1 aromatic heterocycles. The second-order valence-corrected chi connectivity index (χ2v) is 5.61. The average Bonchev–Trinajstić information content (AvgIpc) is 2.31. The standard InChI is InChI=1S/C12H9Br2ClN2/c13-9-3-1-2-8(4-9)6-16-10-5-11(14)12(15)17-7-10/h1-5,7,16H,6H2. The van der Waals surface area contributed by atoms with Crippen molar-refractivity contribution in [2.75, 3.05) is 5.32 Å². The van der Waals surface area contributed by atoms with E-state index in [2.05, 4.69) is 54.3 Å². The molecule has 0 bridgehead atoms. The lowest BCUT2D eigenvalue weighted by Gasteiger charge is -2.07. The minimum absolute atomic E-state index is 0.470. The van der Waals surface area contributed by atoms with Gasteiger partial charge in [0.1, 0.15) is 5.15 Å². The van der Waals surface area contributed by atoms with Crippen LogP contribution in [-0.4, -0.2) is 4.98 Å². The Balaban J connectivity index is 2.05. The zero-order valence-electron chi connectivity index (χ0n) is 8.75. The highest BCUT2D eigenvalue weighted by molar-refractivity contribution is 9.10. The lowest BCUT2D eigenvalue weighted by molar-refractivity contribution is 1.13. The maximum atomic E-state index is 5.83. The number of nitrogens with zero attached hydrogens (tertiary/aromatic N) is 1. The van der Waals surface area contributed by atoms with Gasteiger partial charge in [-0.2, -0.15) is 0 Å². The molecule has 0 aliphatic heterocycles. The predicted molar refractivity (Wildman–Crippen MR) is 78.4 cm³/mol. The topological polar surface area (TPSA) is 24.9 Å². The molecule has 0 radical (unpaired) electrons. The fraction of sp³-hybridized carbons (Fsp3) is 0.0833. The summed E-state index contributed by atoms with van der Waals surface area (Å²) < 4.78 is 1.87. The number of hydrogen-bond acceptors (Lipinski definition) is 2. The van der Waals surface area contributed by atoms with Crippen molar-refractivity contribution >= 4 is 49.1 Å². The van der Waals surface area contributed by atoms with Crippen LogP contribution in [0, 0.1) is 0 Å². The van der Waals surface area contributed by atoms with E-state index in [9.17, 15) is 0 Å². The Morgan fingerprint density at radius 2 is 2.06 bits per heavy atom. The second kappa shape index (κ2) is 5.85. The molecule has 0 amide bonds. The monoisotopic (exact) mass is 374 g/mol. The zero-order chi connectivity index (χ0) is 12.3. The third-order valence-electron chi connectivity index (χ3n) is 2.18. The third-order valence-corrected chi connectivity index (χ3v) is 3.81. The number of rotatable bonds is 3. The van der Waals surface area contributed by atoms with E-state index < -0.39 is 0 Å². The van der Waals surface area contributed by atoms with Crippen LogP contribution < -0.4 is 5.32 Å². The molecule has 0 aliphatic carbocycles. The first-order chi connectivity index (χ1) is 8.15. The first kappa shape index (κ1) is 12.9. The van der Waals surface area contributed by atoms with Crippen molar-refractivity contribution < 1.29 is 0 Å². The smallest absolute Gasteiger partial charge is 0.143 e. The second-order valence-electron chi connectivity index (χ2n) is 3.48. The van der Waals surface area contributed by atoms with E-state index >= 15 is 0 Å². The number of benzene rings is 1. The van der Waals surface area contributed by atoms with Crippen LogP contribution in [0.1, 0.15) is 5.56 Å². The molecule has 0 saturated carbocycles. The van der Waals surface area contributed by atoms with Crippen molar-refractivity contribution in [3.8, 4) is 0 Å². The van der Waals surface area contributed by atoms with Crippen molar-refractivity contribution in [2.24, 2.45) is 0 Å². The zero-order valence-corrected chi connectivity index (χ0v) is 12.7.